The third kappa shape index (κ3) is 3.29. The van der Waals surface area contributed by atoms with E-state index in [4.69, 9.17) is 4.74 Å². The number of hydrogen-bond donors (Lipinski definition) is 1. The Bertz CT molecular complexity index is 779. The van der Waals surface area contributed by atoms with Crippen molar-refractivity contribution in [1.29, 1.82) is 0 Å². The summed E-state index contributed by atoms with van der Waals surface area (Å²) in [6.45, 7) is 5.93. The second-order valence-corrected chi connectivity index (χ2v) is 6.77. The van der Waals surface area contributed by atoms with E-state index >= 15 is 0 Å². The molecule has 3 rings (SSSR count). The number of likely N-dealkylation sites (tertiary alicyclic amines) is 1. The molecular formula is C17H20N4O3. The summed E-state index contributed by atoms with van der Waals surface area (Å²) < 4.78 is 5.33. The quantitative estimate of drug-likeness (QED) is 0.916. The minimum absolute atomic E-state index is 0.226. The molecule has 7 nitrogen and oxygen atoms in total. The lowest BCUT2D eigenvalue weighted by atomic mass is 10.0. The molecule has 24 heavy (non-hydrogen) atoms. The van der Waals surface area contributed by atoms with Gasteiger partial charge in [-0.05, 0) is 33.3 Å². The van der Waals surface area contributed by atoms with Gasteiger partial charge in [-0.3, -0.25) is 9.69 Å². The Labute approximate surface area is 140 Å². The summed E-state index contributed by atoms with van der Waals surface area (Å²) >= 11 is 0. The smallest absolute Gasteiger partial charge is 0.410 e. The third-order valence-corrected chi connectivity index (χ3v) is 3.80. The number of nitrogens with zero attached hydrogens (tertiary/aromatic N) is 3. The Balaban J connectivity index is 1.72. The van der Waals surface area contributed by atoms with Crippen LogP contribution in [-0.4, -0.2) is 45.3 Å². The predicted molar refractivity (Wildman–Crippen MR) is 89.5 cm³/mol. The highest BCUT2D eigenvalue weighted by molar-refractivity contribution is 6.04. The van der Waals surface area contributed by atoms with Crippen LogP contribution in [0.4, 0.5) is 10.5 Å². The molecule has 1 aliphatic heterocycles. The van der Waals surface area contributed by atoms with E-state index in [1.807, 2.05) is 12.1 Å². The van der Waals surface area contributed by atoms with Crippen LogP contribution in [0, 0.1) is 0 Å². The molecule has 2 aromatic rings. The first-order valence-electron chi connectivity index (χ1n) is 7.85. The Hall–Kier alpha value is -2.70. The van der Waals surface area contributed by atoms with E-state index in [0.717, 1.165) is 10.8 Å². The SMILES string of the molecule is CC(C)(C)OC(=O)N1CC[C@@H]1C(=O)Nc1cccc2cnncc12. The summed E-state index contributed by atoms with van der Waals surface area (Å²) in [4.78, 5) is 26.1. The maximum Gasteiger partial charge on any atom is 0.410 e. The molecule has 2 amide bonds. The van der Waals surface area contributed by atoms with Gasteiger partial charge in [-0.25, -0.2) is 4.79 Å². The molecule has 1 atom stereocenters. The molecule has 0 saturated carbocycles. The van der Waals surface area contributed by atoms with Gasteiger partial charge in [-0.1, -0.05) is 12.1 Å². The molecule has 0 spiro atoms. The number of aromatic nitrogens is 2. The number of benzene rings is 1. The Morgan fingerprint density at radius 2 is 2.00 bits per heavy atom. The van der Waals surface area contributed by atoms with Gasteiger partial charge in [0.2, 0.25) is 5.91 Å². The lowest BCUT2D eigenvalue weighted by Gasteiger charge is -2.40. The zero-order valence-electron chi connectivity index (χ0n) is 13.9. The molecule has 1 N–H and O–H groups in total. The van der Waals surface area contributed by atoms with Crippen LogP contribution in [0.3, 0.4) is 0 Å². The van der Waals surface area contributed by atoms with Crippen molar-refractivity contribution < 1.29 is 14.3 Å². The zero-order chi connectivity index (χ0) is 17.3. The van der Waals surface area contributed by atoms with Gasteiger partial charge in [0.25, 0.3) is 0 Å². The topological polar surface area (TPSA) is 84.4 Å². The maximum atomic E-state index is 12.5. The van der Waals surface area contributed by atoms with Gasteiger partial charge in [-0.15, -0.1) is 0 Å². The summed E-state index contributed by atoms with van der Waals surface area (Å²) in [6.07, 6.45) is 3.41. The summed E-state index contributed by atoms with van der Waals surface area (Å²) in [6, 6.07) is 5.03. The molecule has 126 valence electrons. The molecule has 1 saturated heterocycles. The predicted octanol–water partition coefficient (Wildman–Crippen LogP) is 2.58. The van der Waals surface area contributed by atoms with Crippen LogP contribution >= 0.6 is 0 Å². The average Bonchev–Trinajstić information content (AvgIpc) is 2.44. The number of fused-ring (bicyclic) bond motifs is 1. The van der Waals surface area contributed by atoms with Crippen LogP contribution in [0.1, 0.15) is 27.2 Å². The van der Waals surface area contributed by atoms with Crippen LogP contribution in [0.25, 0.3) is 10.8 Å². The molecule has 0 unspecified atom stereocenters. The van der Waals surface area contributed by atoms with Gasteiger partial charge in [-0.2, -0.15) is 10.2 Å². The summed E-state index contributed by atoms with van der Waals surface area (Å²) in [5.74, 6) is -0.226. The molecular weight excluding hydrogens is 308 g/mol. The second-order valence-electron chi connectivity index (χ2n) is 6.77. The number of nitrogens with one attached hydrogen (secondary N) is 1. The van der Waals surface area contributed by atoms with Gasteiger partial charge >= 0.3 is 6.09 Å². The van der Waals surface area contributed by atoms with Gasteiger partial charge in [0, 0.05) is 17.3 Å². The zero-order valence-corrected chi connectivity index (χ0v) is 13.9. The second kappa shape index (κ2) is 6.07. The molecule has 1 aromatic carbocycles. The lowest BCUT2D eigenvalue weighted by Crippen LogP contribution is -2.57. The van der Waals surface area contributed by atoms with Crippen molar-refractivity contribution in [2.24, 2.45) is 0 Å². The number of carbonyl (C=O) groups is 2. The van der Waals surface area contributed by atoms with Crippen LogP contribution in [0.5, 0.6) is 0 Å². The highest BCUT2D eigenvalue weighted by Crippen LogP contribution is 2.25. The van der Waals surface area contributed by atoms with Gasteiger partial charge < -0.3 is 10.1 Å². The molecule has 1 fully saturated rings. The van der Waals surface area contributed by atoms with E-state index in [0.29, 0.717) is 18.7 Å². The van der Waals surface area contributed by atoms with E-state index in [-0.39, 0.29) is 5.91 Å². The molecule has 0 radical (unpaired) electrons. The Kier molecular flexibility index (Phi) is 4.09. The Morgan fingerprint density at radius 3 is 2.67 bits per heavy atom. The van der Waals surface area contributed by atoms with Gasteiger partial charge in [0.05, 0.1) is 18.1 Å². The van der Waals surface area contributed by atoms with E-state index in [2.05, 4.69) is 15.5 Å². The molecule has 1 aromatic heterocycles. The minimum Gasteiger partial charge on any atom is -0.444 e. The monoisotopic (exact) mass is 328 g/mol. The van der Waals surface area contributed by atoms with E-state index < -0.39 is 17.7 Å². The lowest BCUT2D eigenvalue weighted by molar-refractivity contribution is -0.125. The molecule has 0 aliphatic carbocycles. The van der Waals surface area contributed by atoms with E-state index in [1.165, 1.54) is 4.90 Å². The fraction of sp³-hybridized carbons (Fsp3) is 0.412. The van der Waals surface area contributed by atoms with Crippen molar-refractivity contribution in [1.82, 2.24) is 15.1 Å². The van der Waals surface area contributed by atoms with Crippen LogP contribution in [0.15, 0.2) is 30.6 Å². The number of anilines is 1. The Morgan fingerprint density at radius 1 is 1.25 bits per heavy atom. The molecule has 7 heteroatoms. The number of hydrogen-bond acceptors (Lipinski definition) is 5. The van der Waals surface area contributed by atoms with Gasteiger partial charge in [0.15, 0.2) is 0 Å². The van der Waals surface area contributed by atoms with Crippen LogP contribution in [0.2, 0.25) is 0 Å². The maximum absolute atomic E-state index is 12.5. The number of carbonyl (C=O) groups excluding carboxylic acids is 2. The average molecular weight is 328 g/mol. The number of rotatable bonds is 2. The van der Waals surface area contributed by atoms with Crippen LogP contribution < -0.4 is 5.32 Å². The molecule has 0 bridgehead atoms. The number of ether oxygens (including phenoxy) is 1. The molecule has 2 heterocycles. The van der Waals surface area contributed by atoms with E-state index in [9.17, 15) is 9.59 Å². The summed E-state index contributed by atoms with van der Waals surface area (Å²) in [7, 11) is 0. The van der Waals surface area contributed by atoms with Crippen molar-refractivity contribution in [3.05, 3.63) is 30.6 Å². The van der Waals surface area contributed by atoms with Crippen LogP contribution in [-0.2, 0) is 9.53 Å². The highest BCUT2D eigenvalue weighted by atomic mass is 16.6. The first kappa shape index (κ1) is 16.2. The van der Waals surface area contributed by atoms with Crippen molar-refractivity contribution in [2.45, 2.75) is 38.8 Å². The minimum atomic E-state index is -0.581. The van der Waals surface area contributed by atoms with Crippen molar-refractivity contribution in [2.75, 3.05) is 11.9 Å². The highest BCUT2D eigenvalue weighted by Gasteiger charge is 2.39. The summed E-state index contributed by atoms with van der Waals surface area (Å²) in [5.41, 5.74) is 0.0746. The van der Waals surface area contributed by atoms with Crippen molar-refractivity contribution in [3.63, 3.8) is 0 Å². The fourth-order valence-electron chi connectivity index (χ4n) is 2.55. The van der Waals surface area contributed by atoms with Crippen molar-refractivity contribution in [3.8, 4) is 0 Å². The first-order chi connectivity index (χ1) is 11.3. The standard InChI is InChI=1S/C17H20N4O3/c1-17(2,3)24-16(23)21-8-7-14(21)15(22)20-13-6-4-5-11-9-18-19-10-12(11)13/h4-6,9-10,14H,7-8H2,1-3H3,(H,20,22)/t14-/m1/s1. The third-order valence-electron chi connectivity index (χ3n) is 3.80. The van der Waals surface area contributed by atoms with Gasteiger partial charge in [0.1, 0.15) is 11.6 Å². The fourth-order valence-corrected chi connectivity index (χ4v) is 2.55. The summed E-state index contributed by atoms with van der Waals surface area (Å²) in [5, 5.41) is 12.3. The van der Waals surface area contributed by atoms with Crippen molar-refractivity contribution >= 4 is 28.5 Å². The normalized spacial score (nSPS) is 17.3. The largest absolute Gasteiger partial charge is 0.444 e. The molecule has 1 aliphatic rings. The van der Waals surface area contributed by atoms with E-state index in [1.54, 1.807) is 39.2 Å². The number of amides is 2. The first-order valence-corrected chi connectivity index (χ1v) is 7.85.